The van der Waals surface area contributed by atoms with E-state index in [0.29, 0.717) is 12.1 Å². The lowest BCUT2D eigenvalue weighted by atomic mass is 10.2. The van der Waals surface area contributed by atoms with Crippen LogP contribution in [0.4, 0.5) is 0 Å². The Morgan fingerprint density at radius 3 is 2.60 bits per heavy atom. The molecule has 0 aliphatic carbocycles. The van der Waals surface area contributed by atoms with Crippen LogP contribution in [0.5, 0.6) is 0 Å². The second-order valence-electron chi connectivity index (χ2n) is 3.32. The van der Waals surface area contributed by atoms with Gasteiger partial charge in [0.2, 0.25) is 5.91 Å². The number of nitrogens with two attached hydrogens (primary N) is 1. The van der Waals surface area contributed by atoms with Crippen LogP contribution in [0.1, 0.15) is 35.9 Å². The molecule has 15 heavy (non-hydrogen) atoms. The number of carboxylic acids is 1. The highest BCUT2D eigenvalue weighted by molar-refractivity contribution is 5.89. The van der Waals surface area contributed by atoms with Gasteiger partial charge in [-0.2, -0.15) is 0 Å². The average Bonchev–Trinajstić information content (AvgIpc) is 2.59. The first-order valence-electron chi connectivity index (χ1n) is 4.71. The Labute approximate surface area is 87.5 Å². The lowest BCUT2D eigenvalue weighted by Crippen LogP contribution is -2.25. The summed E-state index contributed by atoms with van der Waals surface area (Å²) < 4.78 is 1.60. The summed E-state index contributed by atoms with van der Waals surface area (Å²) in [7, 11) is 0. The summed E-state index contributed by atoms with van der Waals surface area (Å²) in [6.45, 7) is 3.49. The van der Waals surface area contributed by atoms with E-state index < -0.39 is 17.9 Å². The van der Waals surface area contributed by atoms with Crippen LogP contribution < -0.4 is 5.73 Å². The number of primary amides is 1. The Kier molecular flexibility index (Phi) is 3.14. The number of carboxylic acid groups (broad SMARTS) is 1. The number of aromatic nitrogens is 1. The van der Waals surface area contributed by atoms with Crippen LogP contribution in [0, 0.1) is 0 Å². The molecule has 5 nitrogen and oxygen atoms in total. The zero-order valence-corrected chi connectivity index (χ0v) is 8.73. The molecule has 0 radical (unpaired) electrons. The van der Waals surface area contributed by atoms with E-state index in [1.54, 1.807) is 17.7 Å². The number of carbonyl (C=O) groups excluding carboxylic acids is 1. The molecular formula is C10H14N2O3. The van der Waals surface area contributed by atoms with Crippen LogP contribution in [0.25, 0.3) is 0 Å². The van der Waals surface area contributed by atoms with Gasteiger partial charge in [0.15, 0.2) is 0 Å². The predicted molar refractivity (Wildman–Crippen MR) is 54.7 cm³/mol. The number of nitrogens with zero attached hydrogens (tertiary/aromatic N) is 1. The first kappa shape index (κ1) is 11.3. The van der Waals surface area contributed by atoms with E-state index in [1.165, 1.54) is 6.07 Å². The van der Waals surface area contributed by atoms with Crippen LogP contribution in [-0.2, 0) is 11.2 Å². The molecule has 0 bridgehead atoms. The fourth-order valence-electron chi connectivity index (χ4n) is 1.55. The van der Waals surface area contributed by atoms with E-state index in [1.807, 2.05) is 6.92 Å². The molecule has 1 rings (SSSR count). The highest BCUT2D eigenvalue weighted by Crippen LogP contribution is 2.17. The smallest absolute Gasteiger partial charge is 0.337 e. The third-order valence-electron chi connectivity index (χ3n) is 2.42. The quantitative estimate of drug-likeness (QED) is 0.770. The number of rotatable bonds is 4. The van der Waals surface area contributed by atoms with Crippen molar-refractivity contribution in [2.24, 2.45) is 5.73 Å². The Morgan fingerprint density at radius 1 is 1.60 bits per heavy atom. The zero-order chi connectivity index (χ0) is 11.6. The Hall–Kier alpha value is -1.78. The van der Waals surface area contributed by atoms with Crippen molar-refractivity contribution in [3.63, 3.8) is 0 Å². The lowest BCUT2D eigenvalue weighted by molar-refractivity contribution is -0.120. The molecule has 1 aromatic heterocycles. The van der Waals surface area contributed by atoms with Crippen molar-refractivity contribution >= 4 is 11.9 Å². The molecule has 0 aliphatic heterocycles. The van der Waals surface area contributed by atoms with E-state index in [4.69, 9.17) is 10.8 Å². The first-order valence-corrected chi connectivity index (χ1v) is 4.71. The molecule has 1 amide bonds. The van der Waals surface area contributed by atoms with Crippen LogP contribution >= 0.6 is 0 Å². The van der Waals surface area contributed by atoms with Crippen LogP contribution in [0.2, 0.25) is 0 Å². The molecule has 0 fully saturated rings. The SMILES string of the molecule is CCc1c(C(=O)O)ccn1C(C)C(N)=O. The van der Waals surface area contributed by atoms with Gasteiger partial charge >= 0.3 is 5.97 Å². The fourth-order valence-corrected chi connectivity index (χ4v) is 1.55. The van der Waals surface area contributed by atoms with Crippen molar-refractivity contribution in [2.45, 2.75) is 26.3 Å². The molecule has 0 spiro atoms. The van der Waals surface area contributed by atoms with Crippen molar-refractivity contribution in [1.29, 1.82) is 0 Å². The van der Waals surface area contributed by atoms with Crippen molar-refractivity contribution in [3.8, 4) is 0 Å². The third-order valence-corrected chi connectivity index (χ3v) is 2.42. The molecule has 82 valence electrons. The molecule has 0 aliphatic rings. The van der Waals surface area contributed by atoms with Crippen LogP contribution in [0.15, 0.2) is 12.3 Å². The summed E-state index contributed by atoms with van der Waals surface area (Å²) >= 11 is 0. The van der Waals surface area contributed by atoms with E-state index in [0.717, 1.165) is 0 Å². The normalized spacial score (nSPS) is 12.4. The van der Waals surface area contributed by atoms with Gasteiger partial charge in [-0.3, -0.25) is 4.79 Å². The third kappa shape index (κ3) is 2.01. The van der Waals surface area contributed by atoms with Gasteiger partial charge in [0.05, 0.1) is 5.56 Å². The molecule has 1 atom stereocenters. The standard InChI is InChI=1S/C10H14N2O3/c1-3-8-7(10(14)15)4-5-12(8)6(2)9(11)13/h4-6H,3H2,1-2H3,(H2,11,13)(H,14,15). The van der Waals surface area contributed by atoms with Crippen LogP contribution in [-0.4, -0.2) is 21.6 Å². The summed E-state index contributed by atoms with van der Waals surface area (Å²) in [4.78, 5) is 21.9. The predicted octanol–water partition coefficient (Wildman–Crippen LogP) is 0.795. The van der Waals surface area contributed by atoms with Crippen LogP contribution in [0.3, 0.4) is 0 Å². The fraction of sp³-hybridized carbons (Fsp3) is 0.400. The van der Waals surface area contributed by atoms with Gasteiger partial charge in [0, 0.05) is 11.9 Å². The average molecular weight is 210 g/mol. The van der Waals surface area contributed by atoms with E-state index in [9.17, 15) is 9.59 Å². The summed E-state index contributed by atoms with van der Waals surface area (Å²) in [5.41, 5.74) is 6.02. The molecule has 1 heterocycles. The molecule has 1 unspecified atom stereocenters. The highest BCUT2D eigenvalue weighted by Gasteiger charge is 2.19. The lowest BCUT2D eigenvalue weighted by Gasteiger charge is -2.13. The van der Waals surface area contributed by atoms with Gasteiger partial charge in [0.25, 0.3) is 0 Å². The Morgan fingerprint density at radius 2 is 2.20 bits per heavy atom. The topological polar surface area (TPSA) is 85.3 Å². The minimum atomic E-state index is -0.984. The second-order valence-corrected chi connectivity index (χ2v) is 3.32. The molecule has 0 saturated carbocycles. The Balaban J connectivity index is 3.20. The highest BCUT2D eigenvalue weighted by atomic mass is 16.4. The molecule has 0 aromatic carbocycles. The van der Waals surface area contributed by atoms with Gasteiger partial charge in [-0.15, -0.1) is 0 Å². The van der Waals surface area contributed by atoms with E-state index in [2.05, 4.69) is 0 Å². The number of hydrogen-bond donors (Lipinski definition) is 2. The maximum Gasteiger partial charge on any atom is 0.337 e. The molecular weight excluding hydrogens is 196 g/mol. The minimum absolute atomic E-state index is 0.227. The molecule has 0 saturated heterocycles. The van der Waals surface area contributed by atoms with Crippen molar-refractivity contribution < 1.29 is 14.7 Å². The van der Waals surface area contributed by atoms with Crippen molar-refractivity contribution in [1.82, 2.24) is 4.57 Å². The number of amides is 1. The van der Waals surface area contributed by atoms with Crippen molar-refractivity contribution in [2.75, 3.05) is 0 Å². The molecule has 3 N–H and O–H groups in total. The maximum absolute atomic E-state index is 11.0. The molecule has 5 heteroatoms. The van der Waals surface area contributed by atoms with Gasteiger partial charge in [-0.1, -0.05) is 6.92 Å². The van der Waals surface area contributed by atoms with Gasteiger partial charge in [0.1, 0.15) is 6.04 Å². The van der Waals surface area contributed by atoms with Gasteiger partial charge in [-0.25, -0.2) is 4.79 Å². The first-order chi connectivity index (χ1) is 6.99. The van der Waals surface area contributed by atoms with Gasteiger partial charge in [-0.05, 0) is 19.4 Å². The summed E-state index contributed by atoms with van der Waals surface area (Å²) in [5, 5.41) is 8.90. The summed E-state index contributed by atoms with van der Waals surface area (Å²) in [6, 6.07) is 0.966. The maximum atomic E-state index is 11.0. The van der Waals surface area contributed by atoms with E-state index >= 15 is 0 Å². The van der Waals surface area contributed by atoms with Gasteiger partial charge < -0.3 is 15.4 Å². The summed E-state index contributed by atoms with van der Waals surface area (Å²) in [5.74, 6) is -1.46. The number of aromatic carboxylic acids is 1. The largest absolute Gasteiger partial charge is 0.478 e. The number of hydrogen-bond acceptors (Lipinski definition) is 2. The number of carbonyl (C=O) groups is 2. The second kappa shape index (κ2) is 4.16. The van der Waals surface area contributed by atoms with E-state index in [-0.39, 0.29) is 5.56 Å². The molecule has 1 aromatic rings. The monoisotopic (exact) mass is 210 g/mol. The minimum Gasteiger partial charge on any atom is -0.478 e. The summed E-state index contributed by atoms with van der Waals surface area (Å²) in [6.07, 6.45) is 2.13. The van der Waals surface area contributed by atoms with Crippen molar-refractivity contribution in [3.05, 3.63) is 23.5 Å². The Bertz CT molecular complexity index is 395. The zero-order valence-electron chi connectivity index (χ0n) is 8.73.